The molecule has 1 aliphatic rings. The van der Waals surface area contributed by atoms with Crippen LogP contribution in [0.1, 0.15) is 41.3 Å². The Morgan fingerprint density at radius 1 is 1.10 bits per heavy atom. The lowest BCUT2D eigenvalue weighted by Gasteiger charge is -2.34. The standard InChI is InChI=1S/C22H28N4O3/c1-16(2)18-6-4-17(5-7-18)15-24-10-12-25(13-11-24)22(27)19-8-9-20(23-3)21(14-19)26(28)29/h4-9,14,16,23H,10-13,15H2,1-3H3. The van der Waals surface area contributed by atoms with Crippen molar-refractivity contribution in [2.75, 3.05) is 38.5 Å². The smallest absolute Gasteiger partial charge is 0.293 e. The number of nitro groups is 1. The van der Waals surface area contributed by atoms with Gasteiger partial charge in [0.1, 0.15) is 5.69 Å². The monoisotopic (exact) mass is 396 g/mol. The molecule has 29 heavy (non-hydrogen) atoms. The second-order valence-corrected chi connectivity index (χ2v) is 7.70. The highest BCUT2D eigenvalue weighted by Crippen LogP contribution is 2.26. The number of hydrogen-bond donors (Lipinski definition) is 1. The van der Waals surface area contributed by atoms with E-state index in [1.807, 2.05) is 0 Å². The number of nitrogens with one attached hydrogen (secondary N) is 1. The maximum Gasteiger partial charge on any atom is 0.293 e. The summed E-state index contributed by atoms with van der Waals surface area (Å²) >= 11 is 0. The highest BCUT2D eigenvalue weighted by atomic mass is 16.6. The van der Waals surface area contributed by atoms with Gasteiger partial charge in [0.25, 0.3) is 11.6 Å². The predicted octanol–water partition coefficient (Wildman–Crippen LogP) is 3.72. The number of piperazine rings is 1. The van der Waals surface area contributed by atoms with Crippen molar-refractivity contribution in [2.24, 2.45) is 0 Å². The third-order valence-corrected chi connectivity index (χ3v) is 5.42. The van der Waals surface area contributed by atoms with Crippen molar-refractivity contribution in [3.63, 3.8) is 0 Å². The zero-order chi connectivity index (χ0) is 21.0. The fourth-order valence-electron chi connectivity index (χ4n) is 3.58. The van der Waals surface area contributed by atoms with Crippen LogP contribution < -0.4 is 5.32 Å². The van der Waals surface area contributed by atoms with Crippen LogP contribution in [0.3, 0.4) is 0 Å². The summed E-state index contributed by atoms with van der Waals surface area (Å²) in [6, 6.07) is 13.3. The number of nitro benzene ring substituents is 1. The van der Waals surface area contributed by atoms with Gasteiger partial charge >= 0.3 is 0 Å². The van der Waals surface area contributed by atoms with Gasteiger partial charge in [0.15, 0.2) is 0 Å². The first kappa shape index (κ1) is 20.8. The molecule has 3 rings (SSSR count). The maximum absolute atomic E-state index is 12.8. The molecule has 2 aromatic carbocycles. The maximum atomic E-state index is 12.8. The summed E-state index contributed by atoms with van der Waals surface area (Å²) in [6.07, 6.45) is 0. The molecule has 2 aromatic rings. The van der Waals surface area contributed by atoms with Crippen molar-refractivity contribution in [1.82, 2.24) is 9.80 Å². The lowest BCUT2D eigenvalue weighted by atomic mass is 10.0. The van der Waals surface area contributed by atoms with Gasteiger partial charge in [-0.25, -0.2) is 0 Å². The Bertz CT molecular complexity index is 872. The van der Waals surface area contributed by atoms with Gasteiger partial charge in [-0.3, -0.25) is 19.8 Å². The van der Waals surface area contributed by atoms with Gasteiger partial charge in [0, 0.05) is 51.4 Å². The van der Waals surface area contributed by atoms with Crippen LogP contribution in [0.5, 0.6) is 0 Å². The second kappa shape index (κ2) is 9.05. The van der Waals surface area contributed by atoms with Crippen LogP contribution in [-0.4, -0.2) is 53.9 Å². The summed E-state index contributed by atoms with van der Waals surface area (Å²) in [4.78, 5) is 27.7. The Labute approximate surface area is 171 Å². The zero-order valence-electron chi connectivity index (χ0n) is 17.2. The van der Waals surface area contributed by atoms with Gasteiger partial charge in [-0.05, 0) is 29.2 Å². The molecule has 1 N–H and O–H groups in total. The van der Waals surface area contributed by atoms with Crippen LogP contribution in [0, 0.1) is 10.1 Å². The largest absolute Gasteiger partial charge is 0.383 e. The quantitative estimate of drug-likeness (QED) is 0.595. The lowest BCUT2D eigenvalue weighted by molar-refractivity contribution is -0.384. The Balaban J connectivity index is 1.59. The molecule has 1 amide bonds. The van der Waals surface area contributed by atoms with Crippen molar-refractivity contribution in [2.45, 2.75) is 26.3 Å². The summed E-state index contributed by atoms with van der Waals surface area (Å²) in [5.41, 5.74) is 3.28. The number of rotatable bonds is 6. The lowest BCUT2D eigenvalue weighted by Crippen LogP contribution is -2.48. The number of carbonyl (C=O) groups excluding carboxylic acids is 1. The second-order valence-electron chi connectivity index (χ2n) is 7.70. The Morgan fingerprint density at radius 2 is 1.76 bits per heavy atom. The minimum absolute atomic E-state index is 0.0816. The number of anilines is 1. The molecular weight excluding hydrogens is 368 g/mol. The van der Waals surface area contributed by atoms with Crippen LogP contribution in [-0.2, 0) is 6.54 Å². The van der Waals surface area contributed by atoms with E-state index in [2.05, 4.69) is 48.3 Å². The SMILES string of the molecule is CNc1ccc(C(=O)N2CCN(Cc3ccc(C(C)C)cc3)CC2)cc1[N+](=O)[O-]. The first-order valence-electron chi connectivity index (χ1n) is 9.95. The van der Waals surface area contributed by atoms with Crippen LogP contribution in [0.15, 0.2) is 42.5 Å². The molecule has 0 bridgehead atoms. The molecule has 7 heteroatoms. The van der Waals surface area contributed by atoms with Crippen LogP contribution >= 0.6 is 0 Å². The molecule has 0 spiro atoms. The summed E-state index contributed by atoms with van der Waals surface area (Å²) in [5.74, 6) is 0.369. The third kappa shape index (κ3) is 4.92. The fourth-order valence-corrected chi connectivity index (χ4v) is 3.58. The molecule has 0 aliphatic carbocycles. The Kier molecular flexibility index (Phi) is 6.49. The molecule has 154 valence electrons. The van der Waals surface area contributed by atoms with Crippen LogP contribution in [0.4, 0.5) is 11.4 Å². The minimum Gasteiger partial charge on any atom is -0.383 e. The number of benzene rings is 2. The van der Waals surface area contributed by atoms with Gasteiger partial charge in [-0.2, -0.15) is 0 Å². The van der Waals surface area contributed by atoms with Crippen LogP contribution in [0.2, 0.25) is 0 Å². The summed E-state index contributed by atoms with van der Waals surface area (Å²) in [6.45, 7) is 8.04. The summed E-state index contributed by atoms with van der Waals surface area (Å²) in [5, 5.41) is 14.0. The first-order chi connectivity index (χ1) is 13.9. The number of amides is 1. The molecule has 7 nitrogen and oxygen atoms in total. The van der Waals surface area contributed by atoms with Crippen molar-refractivity contribution in [1.29, 1.82) is 0 Å². The molecular formula is C22H28N4O3. The van der Waals surface area contributed by atoms with Crippen molar-refractivity contribution < 1.29 is 9.72 Å². The van der Waals surface area contributed by atoms with E-state index in [4.69, 9.17) is 0 Å². The predicted molar refractivity (Wildman–Crippen MR) is 114 cm³/mol. The van der Waals surface area contributed by atoms with Crippen LogP contribution in [0.25, 0.3) is 0 Å². The van der Waals surface area contributed by atoms with E-state index in [0.717, 1.165) is 19.6 Å². The molecule has 0 aromatic heterocycles. The molecule has 0 atom stereocenters. The minimum atomic E-state index is -0.467. The van der Waals surface area contributed by atoms with E-state index >= 15 is 0 Å². The zero-order valence-corrected chi connectivity index (χ0v) is 17.2. The van der Waals surface area contributed by atoms with E-state index in [-0.39, 0.29) is 11.6 Å². The summed E-state index contributed by atoms with van der Waals surface area (Å²) in [7, 11) is 1.62. The van der Waals surface area contributed by atoms with Gasteiger partial charge < -0.3 is 10.2 Å². The van der Waals surface area contributed by atoms with Gasteiger partial charge in [-0.15, -0.1) is 0 Å². The topological polar surface area (TPSA) is 78.7 Å². The molecule has 1 heterocycles. The molecule has 1 fully saturated rings. The van der Waals surface area contributed by atoms with Gasteiger partial charge in [0.05, 0.1) is 4.92 Å². The number of carbonyl (C=O) groups is 1. The fraction of sp³-hybridized carbons (Fsp3) is 0.409. The van der Waals surface area contributed by atoms with E-state index in [9.17, 15) is 14.9 Å². The average Bonchev–Trinajstić information content (AvgIpc) is 2.73. The first-order valence-corrected chi connectivity index (χ1v) is 9.95. The molecule has 1 aliphatic heterocycles. The molecule has 0 saturated carbocycles. The van der Waals surface area contributed by atoms with Crippen molar-refractivity contribution in [3.05, 3.63) is 69.3 Å². The highest BCUT2D eigenvalue weighted by Gasteiger charge is 2.24. The molecule has 1 saturated heterocycles. The average molecular weight is 396 g/mol. The van der Waals surface area contributed by atoms with E-state index in [1.54, 1.807) is 24.1 Å². The number of nitrogens with zero attached hydrogens (tertiary/aromatic N) is 3. The molecule has 0 unspecified atom stereocenters. The summed E-state index contributed by atoms with van der Waals surface area (Å²) < 4.78 is 0. The van der Waals surface area contributed by atoms with Gasteiger partial charge in [-0.1, -0.05) is 38.1 Å². The molecule has 0 radical (unpaired) electrons. The van der Waals surface area contributed by atoms with Gasteiger partial charge in [0.2, 0.25) is 0 Å². The van der Waals surface area contributed by atoms with E-state index in [1.165, 1.54) is 17.2 Å². The van der Waals surface area contributed by atoms with E-state index in [0.29, 0.717) is 30.3 Å². The Hall–Kier alpha value is -2.93. The third-order valence-electron chi connectivity index (χ3n) is 5.42. The number of hydrogen-bond acceptors (Lipinski definition) is 5. The normalized spacial score (nSPS) is 14.8. The van der Waals surface area contributed by atoms with Crippen molar-refractivity contribution >= 4 is 17.3 Å². The Morgan fingerprint density at radius 3 is 2.31 bits per heavy atom. The highest BCUT2D eigenvalue weighted by molar-refractivity contribution is 5.95. The van der Waals surface area contributed by atoms with E-state index < -0.39 is 4.92 Å². The van der Waals surface area contributed by atoms with Crippen molar-refractivity contribution in [3.8, 4) is 0 Å².